The summed E-state index contributed by atoms with van der Waals surface area (Å²) in [5.41, 5.74) is 0.693. The second-order valence-electron chi connectivity index (χ2n) is 6.48. The minimum Gasteiger partial charge on any atom is -0.497 e. The molecule has 0 unspecified atom stereocenters. The van der Waals surface area contributed by atoms with E-state index in [1.165, 1.54) is 0 Å². The van der Waals surface area contributed by atoms with Gasteiger partial charge in [0.2, 0.25) is 5.91 Å². The standard InChI is InChI=1S/C21H24N2O6/c1-26-16-5-7-17(8-6-16)29-13-20(24)22-14-10-21(25)23(12-14)15-4-9-18(27-2)19(11-15)28-3/h4-9,11,14H,10,12-13H2,1-3H3,(H,22,24)/t14-/m0/s1. The van der Waals surface area contributed by atoms with Crippen molar-refractivity contribution in [2.75, 3.05) is 39.4 Å². The van der Waals surface area contributed by atoms with Gasteiger partial charge in [-0.2, -0.15) is 0 Å². The molecule has 1 fully saturated rings. The van der Waals surface area contributed by atoms with E-state index in [0.29, 0.717) is 35.2 Å². The van der Waals surface area contributed by atoms with E-state index in [-0.39, 0.29) is 30.9 Å². The predicted molar refractivity (Wildman–Crippen MR) is 107 cm³/mol. The number of carbonyl (C=O) groups is 2. The second-order valence-corrected chi connectivity index (χ2v) is 6.48. The Kier molecular flexibility index (Phi) is 6.43. The van der Waals surface area contributed by atoms with Crippen LogP contribution in [0.25, 0.3) is 0 Å². The van der Waals surface area contributed by atoms with Crippen molar-refractivity contribution >= 4 is 17.5 Å². The van der Waals surface area contributed by atoms with E-state index >= 15 is 0 Å². The summed E-state index contributed by atoms with van der Waals surface area (Å²) >= 11 is 0. The van der Waals surface area contributed by atoms with Crippen LogP contribution in [-0.2, 0) is 9.59 Å². The second kappa shape index (κ2) is 9.18. The molecule has 8 nitrogen and oxygen atoms in total. The molecule has 0 radical (unpaired) electrons. The molecule has 2 aromatic carbocycles. The first-order valence-electron chi connectivity index (χ1n) is 9.12. The molecule has 154 valence electrons. The molecule has 0 aliphatic carbocycles. The summed E-state index contributed by atoms with van der Waals surface area (Å²) in [6.45, 7) is 0.246. The first kappa shape index (κ1) is 20.3. The smallest absolute Gasteiger partial charge is 0.258 e. The van der Waals surface area contributed by atoms with E-state index in [2.05, 4.69) is 5.32 Å². The lowest BCUT2D eigenvalue weighted by Gasteiger charge is -2.19. The van der Waals surface area contributed by atoms with Gasteiger partial charge in [-0.15, -0.1) is 0 Å². The first-order chi connectivity index (χ1) is 14.0. The number of carbonyl (C=O) groups excluding carboxylic acids is 2. The van der Waals surface area contributed by atoms with Gasteiger partial charge < -0.3 is 29.2 Å². The Bertz CT molecular complexity index is 868. The molecule has 1 heterocycles. The van der Waals surface area contributed by atoms with Crippen molar-refractivity contribution in [3.63, 3.8) is 0 Å². The van der Waals surface area contributed by atoms with Crippen LogP contribution < -0.4 is 29.2 Å². The quantitative estimate of drug-likeness (QED) is 0.730. The van der Waals surface area contributed by atoms with Crippen molar-refractivity contribution in [2.24, 2.45) is 0 Å². The van der Waals surface area contributed by atoms with E-state index < -0.39 is 0 Å². The fraction of sp³-hybridized carbons (Fsp3) is 0.333. The van der Waals surface area contributed by atoms with Crippen molar-refractivity contribution in [3.05, 3.63) is 42.5 Å². The first-order valence-corrected chi connectivity index (χ1v) is 9.12. The zero-order valence-corrected chi connectivity index (χ0v) is 16.6. The largest absolute Gasteiger partial charge is 0.497 e. The number of amides is 2. The topological polar surface area (TPSA) is 86.3 Å². The van der Waals surface area contributed by atoms with Gasteiger partial charge in [0.25, 0.3) is 5.91 Å². The molecule has 1 N–H and O–H groups in total. The number of rotatable bonds is 8. The van der Waals surface area contributed by atoms with Crippen molar-refractivity contribution in [1.82, 2.24) is 5.32 Å². The number of ether oxygens (including phenoxy) is 4. The third-order valence-electron chi connectivity index (χ3n) is 4.60. The molecule has 0 bridgehead atoms. The van der Waals surface area contributed by atoms with Gasteiger partial charge in [-0.3, -0.25) is 9.59 Å². The average molecular weight is 400 g/mol. The van der Waals surface area contributed by atoms with Crippen LogP contribution in [-0.4, -0.2) is 52.3 Å². The maximum absolute atomic E-state index is 12.4. The van der Waals surface area contributed by atoms with E-state index in [1.54, 1.807) is 68.7 Å². The van der Waals surface area contributed by atoms with Crippen molar-refractivity contribution in [1.29, 1.82) is 0 Å². The van der Waals surface area contributed by atoms with Crippen LogP contribution in [0.15, 0.2) is 42.5 Å². The zero-order valence-electron chi connectivity index (χ0n) is 16.6. The minimum atomic E-state index is -0.289. The molecule has 3 rings (SSSR count). The monoisotopic (exact) mass is 400 g/mol. The molecule has 8 heteroatoms. The van der Waals surface area contributed by atoms with Crippen molar-refractivity contribution in [3.8, 4) is 23.0 Å². The summed E-state index contributed by atoms with van der Waals surface area (Å²) in [7, 11) is 4.68. The van der Waals surface area contributed by atoms with Crippen LogP contribution in [0.5, 0.6) is 23.0 Å². The molecule has 1 atom stereocenters. The highest BCUT2D eigenvalue weighted by atomic mass is 16.5. The van der Waals surface area contributed by atoms with Gasteiger partial charge >= 0.3 is 0 Å². The van der Waals surface area contributed by atoms with E-state index in [4.69, 9.17) is 18.9 Å². The molecule has 0 spiro atoms. The Morgan fingerprint density at radius 2 is 1.69 bits per heavy atom. The Balaban J connectivity index is 1.55. The van der Waals surface area contributed by atoms with Gasteiger partial charge in [0.1, 0.15) is 11.5 Å². The lowest BCUT2D eigenvalue weighted by atomic mass is 10.2. The van der Waals surface area contributed by atoms with Crippen LogP contribution in [0.4, 0.5) is 5.69 Å². The fourth-order valence-electron chi connectivity index (χ4n) is 3.14. The van der Waals surface area contributed by atoms with Crippen molar-refractivity contribution < 1.29 is 28.5 Å². The molecule has 1 saturated heterocycles. The number of nitrogens with one attached hydrogen (secondary N) is 1. The van der Waals surface area contributed by atoms with Gasteiger partial charge in [-0.25, -0.2) is 0 Å². The molecular formula is C21H24N2O6. The van der Waals surface area contributed by atoms with Gasteiger partial charge in [0.15, 0.2) is 18.1 Å². The SMILES string of the molecule is COc1ccc(OCC(=O)N[C@H]2CC(=O)N(c3ccc(OC)c(OC)c3)C2)cc1. The molecule has 29 heavy (non-hydrogen) atoms. The van der Waals surface area contributed by atoms with Gasteiger partial charge in [0, 0.05) is 24.7 Å². The summed E-state index contributed by atoms with van der Waals surface area (Å²) in [6, 6.07) is 11.9. The van der Waals surface area contributed by atoms with Crippen LogP contribution in [0.2, 0.25) is 0 Å². The highest BCUT2D eigenvalue weighted by Crippen LogP contribution is 2.33. The molecule has 0 saturated carbocycles. The number of methoxy groups -OCH3 is 3. The number of anilines is 1. The zero-order chi connectivity index (χ0) is 20.8. The minimum absolute atomic E-state index is 0.0707. The molecule has 2 amide bonds. The van der Waals surface area contributed by atoms with Gasteiger partial charge in [-0.1, -0.05) is 0 Å². The number of hydrogen-bond donors (Lipinski definition) is 1. The predicted octanol–water partition coefficient (Wildman–Crippen LogP) is 2.01. The molecular weight excluding hydrogens is 376 g/mol. The Labute approximate surface area is 169 Å². The Morgan fingerprint density at radius 3 is 2.34 bits per heavy atom. The molecule has 1 aliphatic heterocycles. The van der Waals surface area contributed by atoms with E-state index in [9.17, 15) is 9.59 Å². The maximum atomic E-state index is 12.4. The van der Waals surface area contributed by atoms with E-state index in [0.717, 1.165) is 0 Å². The number of nitrogens with zero attached hydrogens (tertiary/aromatic N) is 1. The average Bonchev–Trinajstić information content (AvgIpc) is 3.11. The van der Waals surface area contributed by atoms with Crippen LogP contribution >= 0.6 is 0 Å². The fourth-order valence-corrected chi connectivity index (χ4v) is 3.14. The van der Waals surface area contributed by atoms with Crippen LogP contribution in [0, 0.1) is 0 Å². The molecule has 2 aromatic rings. The lowest BCUT2D eigenvalue weighted by Crippen LogP contribution is -2.39. The van der Waals surface area contributed by atoms with Crippen LogP contribution in [0.1, 0.15) is 6.42 Å². The van der Waals surface area contributed by atoms with Crippen molar-refractivity contribution in [2.45, 2.75) is 12.5 Å². The Hall–Kier alpha value is -3.42. The summed E-state index contributed by atoms with van der Waals surface area (Å²) in [5, 5.41) is 2.85. The third-order valence-corrected chi connectivity index (χ3v) is 4.60. The number of benzene rings is 2. The summed E-state index contributed by atoms with van der Waals surface area (Å²) in [6.07, 6.45) is 0.225. The Morgan fingerprint density at radius 1 is 1.00 bits per heavy atom. The maximum Gasteiger partial charge on any atom is 0.258 e. The van der Waals surface area contributed by atoms with E-state index in [1.807, 2.05) is 0 Å². The molecule has 1 aliphatic rings. The highest BCUT2D eigenvalue weighted by Gasteiger charge is 2.32. The lowest BCUT2D eigenvalue weighted by molar-refractivity contribution is -0.123. The van der Waals surface area contributed by atoms with Gasteiger partial charge in [0.05, 0.1) is 27.4 Å². The summed E-state index contributed by atoms with van der Waals surface area (Å²) < 4.78 is 21.1. The normalized spacial score (nSPS) is 15.8. The molecule has 0 aromatic heterocycles. The number of hydrogen-bond acceptors (Lipinski definition) is 6. The van der Waals surface area contributed by atoms with Gasteiger partial charge in [-0.05, 0) is 36.4 Å². The van der Waals surface area contributed by atoms with Crippen LogP contribution in [0.3, 0.4) is 0 Å². The highest BCUT2D eigenvalue weighted by molar-refractivity contribution is 5.97. The third kappa shape index (κ3) is 4.90. The summed E-state index contributed by atoms with van der Waals surface area (Å²) in [4.78, 5) is 26.2. The summed E-state index contributed by atoms with van der Waals surface area (Å²) in [5.74, 6) is 2.05.